The van der Waals surface area contributed by atoms with Gasteiger partial charge in [0.25, 0.3) is 0 Å². The first-order chi connectivity index (χ1) is 11.5. The molecule has 6 heteroatoms. The van der Waals surface area contributed by atoms with Gasteiger partial charge in [-0.25, -0.2) is 4.79 Å². The van der Waals surface area contributed by atoms with E-state index in [1.54, 1.807) is 18.2 Å². The molecule has 0 spiro atoms. The van der Waals surface area contributed by atoms with Gasteiger partial charge in [0.15, 0.2) is 0 Å². The molecular weight excluding hydrogens is 342 g/mol. The zero-order valence-corrected chi connectivity index (χ0v) is 15.0. The fourth-order valence-electron chi connectivity index (χ4n) is 2.79. The molecule has 1 aliphatic heterocycles. The molecule has 0 aliphatic carbocycles. The Kier molecular flexibility index (Phi) is 5.80. The third-order valence-corrected chi connectivity index (χ3v) is 4.18. The maximum atomic E-state index is 11.5. The van der Waals surface area contributed by atoms with Crippen molar-refractivity contribution in [3.8, 4) is 11.5 Å². The molecule has 1 atom stereocenters. The number of phenols is 1. The Hall–Kier alpha value is -2.40. The standard InChI is InChI=1S/C19H21NO4.ClH/c1-19(2)12-24-18(22)20-17(19)15-9-8-14(10-16(15)21)23-11-13-6-4-3-5-7-13;/h3-10,17,21H,11-12H2,1-2H3,(H,20,22);1H/t17-;/m0./s1. The molecule has 25 heavy (non-hydrogen) atoms. The number of carbonyl (C=O) groups is 1. The van der Waals surface area contributed by atoms with Gasteiger partial charge in [0.05, 0.1) is 6.04 Å². The highest BCUT2D eigenvalue weighted by Crippen LogP contribution is 2.40. The van der Waals surface area contributed by atoms with E-state index in [4.69, 9.17) is 9.47 Å². The average molecular weight is 364 g/mol. The van der Waals surface area contributed by atoms with Gasteiger partial charge in [0.2, 0.25) is 0 Å². The molecule has 1 amide bonds. The largest absolute Gasteiger partial charge is 0.507 e. The number of aromatic hydroxyl groups is 1. The van der Waals surface area contributed by atoms with Crippen molar-refractivity contribution in [3.05, 3.63) is 59.7 Å². The fourth-order valence-corrected chi connectivity index (χ4v) is 2.79. The van der Waals surface area contributed by atoms with E-state index in [1.807, 2.05) is 44.2 Å². The highest BCUT2D eigenvalue weighted by Gasteiger charge is 2.39. The summed E-state index contributed by atoms with van der Waals surface area (Å²) in [7, 11) is 0. The summed E-state index contributed by atoms with van der Waals surface area (Å²) < 4.78 is 10.8. The maximum absolute atomic E-state index is 11.5. The van der Waals surface area contributed by atoms with Crippen molar-refractivity contribution < 1.29 is 19.4 Å². The summed E-state index contributed by atoms with van der Waals surface area (Å²) in [6.07, 6.45) is -0.469. The average Bonchev–Trinajstić information content (AvgIpc) is 2.57. The van der Waals surface area contributed by atoms with Crippen molar-refractivity contribution in [1.82, 2.24) is 5.32 Å². The maximum Gasteiger partial charge on any atom is 0.407 e. The second kappa shape index (κ2) is 7.66. The molecule has 0 aromatic heterocycles. The summed E-state index contributed by atoms with van der Waals surface area (Å²) in [6, 6.07) is 14.7. The second-order valence-corrected chi connectivity index (χ2v) is 6.64. The molecule has 0 bridgehead atoms. The van der Waals surface area contributed by atoms with Gasteiger partial charge in [-0.15, -0.1) is 12.4 Å². The second-order valence-electron chi connectivity index (χ2n) is 6.64. The molecule has 0 radical (unpaired) electrons. The Bertz CT molecular complexity index is 733. The van der Waals surface area contributed by atoms with E-state index in [9.17, 15) is 9.90 Å². The molecule has 2 aromatic rings. The topological polar surface area (TPSA) is 67.8 Å². The van der Waals surface area contributed by atoms with Crippen LogP contribution in [0.2, 0.25) is 0 Å². The molecule has 0 unspecified atom stereocenters. The molecule has 2 N–H and O–H groups in total. The first-order valence-electron chi connectivity index (χ1n) is 7.89. The molecule has 1 saturated heterocycles. The van der Waals surface area contributed by atoms with E-state index in [1.165, 1.54) is 0 Å². The third-order valence-electron chi connectivity index (χ3n) is 4.18. The zero-order chi connectivity index (χ0) is 17.2. The molecule has 1 aliphatic rings. The predicted octanol–water partition coefficient (Wildman–Crippen LogP) is 4.20. The van der Waals surface area contributed by atoms with Crippen LogP contribution >= 0.6 is 12.4 Å². The zero-order valence-electron chi connectivity index (χ0n) is 14.2. The monoisotopic (exact) mass is 363 g/mol. The SMILES string of the molecule is CC1(C)COC(=O)N[C@H]1c1ccc(OCc2ccccc2)cc1O.Cl. The normalized spacial score (nSPS) is 18.5. The number of hydrogen-bond acceptors (Lipinski definition) is 4. The van der Waals surface area contributed by atoms with E-state index in [2.05, 4.69) is 5.32 Å². The van der Waals surface area contributed by atoms with E-state index < -0.39 is 6.09 Å². The Balaban J connectivity index is 0.00000225. The quantitative estimate of drug-likeness (QED) is 0.854. The lowest BCUT2D eigenvalue weighted by atomic mass is 9.80. The van der Waals surface area contributed by atoms with Crippen LogP contribution in [0, 0.1) is 5.41 Å². The lowest BCUT2D eigenvalue weighted by Gasteiger charge is -2.38. The number of rotatable bonds is 4. The molecule has 5 nitrogen and oxygen atoms in total. The summed E-state index contributed by atoms with van der Waals surface area (Å²) in [5.74, 6) is 0.678. The summed E-state index contributed by atoms with van der Waals surface area (Å²) in [6.45, 7) is 4.70. The number of benzene rings is 2. The van der Waals surface area contributed by atoms with Gasteiger partial charge in [-0.2, -0.15) is 0 Å². The first-order valence-corrected chi connectivity index (χ1v) is 7.89. The van der Waals surface area contributed by atoms with Crippen LogP contribution in [-0.4, -0.2) is 17.8 Å². The van der Waals surface area contributed by atoms with Gasteiger partial charge in [-0.3, -0.25) is 0 Å². The van der Waals surface area contributed by atoms with E-state index in [-0.39, 0.29) is 29.6 Å². The molecular formula is C19H22ClNO4. The van der Waals surface area contributed by atoms with E-state index in [0.29, 0.717) is 24.5 Å². The van der Waals surface area contributed by atoms with Crippen molar-refractivity contribution in [3.63, 3.8) is 0 Å². The van der Waals surface area contributed by atoms with Crippen molar-refractivity contribution >= 4 is 18.5 Å². The minimum atomic E-state index is -0.469. The van der Waals surface area contributed by atoms with Crippen LogP contribution in [0.15, 0.2) is 48.5 Å². The van der Waals surface area contributed by atoms with Crippen molar-refractivity contribution in [2.45, 2.75) is 26.5 Å². The van der Waals surface area contributed by atoms with Crippen LogP contribution in [0.3, 0.4) is 0 Å². The number of hydrogen-bond donors (Lipinski definition) is 2. The van der Waals surface area contributed by atoms with Crippen molar-refractivity contribution in [2.75, 3.05) is 6.61 Å². The summed E-state index contributed by atoms with van der Waals surface area (Å²) in [5, 5.41) is 13.2. The molecule has 1 heterocycles. The predicted molar refractivity (Wildman–Crippen MR) is 97.1 cm³/mol. The summed E-state index contributed by atoms with van der Waals surface area (Å²) in [5.41, 5.74) is 1.39. The van der Waals surface area contributed by atoms with E-state index in [0.717, 1.165) is 5.56 Å². The van der Waals surface area contributed by atoms with Gasteiger partial charge in [0.1, 0.15) is 24.7 Å². The minimum absolute atomic E-state index is 0. The minimum Gasteiger partial charge on any atom is -0.507 e. The number of ether oxygens (including phenoxy) is 2. The number of nitrogens with one attached hydrogen (secondary N) is 1. The van der Waals surface area contributed by atoms with Gasteiger partial charge in [-0.05, 0) is 17.7 Å². The fraction of sp³-hybridized carbons (Fsp3) is 0.316. The number of alkyl carbamates (subject to hydrolysis) is 1. The Morgan fingerprint density at radius 2 is 1.96 bits per heavy atom. The highest BCUT2D eigenvalue weighted by molar-refractivity contribution is 5.85. The molecule has 0 saturated carbocycles. The molecule has 2 aromatic carbocycles. The number of halogens is 1. The van der Waals surface area contributed by atoms with Crippen LogP contribution in [-0.2, 0) is 11.3 Å². The van der Waals surface area contributed by atoms with E-state index >= 15 is 0 Å². The third kappa shape index (κ3) is 4.37. The Labute approximate surface area is 153 Å². The smallest absolute Gasteiger partial charge is 0.407 e. The van der Waals surface area contributed by atoms with Crippen LogP contribution in [0.5, 0.6) is 11.5 Å². The van der Waals surface area contributed by atoms with Crippen LogP contribution in [0.4, 0.5) is 4.79 Å². The summed E-state index contributed by atoms with van der Waals surface area (Å²) in [4.78, 5) is 11.5. The lowest BCUT2D eigenvalue weighted by molar-refractivity contribution is 0.0381. The highest BCUT2D eigenvalue weighted by atomic mass is 35.5. The molecule has 134 valence electrons. The van der Waals surface area contributed by atoms with Crippen LogP contribution in [0.1, 0.15) is 31.0 Å². The van der Waals surface area contributed by atoms with Gasteiger partial charge >= 0.3 is 6.09 Å². The number of phenolic OH excluding ortho intramolecular Hbond substituents is 1. The van der Waals surface area contributed by atoms with Gasteiger partial charge in [0, 0.05) is 17.0 Å². The number of cyclic esters (lactones) is 1. The molecule has 1 fully saturated rings. The summed E-state index contributed by atoms with van der Waals surface area (Å²) >= 11 is 0. The van der Waals surface area contributed by atoms with Gasteiger partial charge < -0.3 is 19.9 Å². The Morgan fingerprint density at radius 3 is 2.64 bits per heavy atom. The van der Waals surface area contributed by atoms with Crippen LogP contribution in [0.25, 0.3) is 0 Å². The van der Waals surface area contributed by atoms with Crippen molar-refractivity contribution in [2.24, 2.45) is 5.41 Å². The van der Waals surface area contributed by atoms with Gasteiger partial charge in [-0.1, -0.05) is 44.2 Å². The number of amides is 1. The van der Waals surface area contributed by atoms with Crippen LogP contribution < -0.4 is 10.1 Å². The lowest BCUT2D eigenvalue weighted by Crippen LogP contribution is -2.46. The number of carbonyl (C=O) groups excluding carboxylic acids is 1. The molecule has 3 rings (SSSR count). The van der Waals surface area contributed by atoms with Crippen molar-refractivity contribution in [1.29, 1.82) is 0 Å². The first kappa shape index (κ1) is 18.9. The Morgan fingerprint density at radius 1 is 1.24 bits per heavy atom.